The first-order chi connectivity index (χ1) is 13.5. The Morgan fingerprint density at radius 3 is 2.86 bits per heavy atom. The fraction of sp³-hybridized carbons (Fsp3) is 0.476. The number of para-hydroxylation sites is 1. The zero-order valence-electron chi connectivity index (χ0n) is 16.4. The molecule has 0 radical (unpaired) electrons. The summed E-state index contributed by atoms with van der Waals surface area (Å²) in [5.41, 5.74) is -0.0219. The Balaban J connectivity index is 1.66. The minimum atomic E-state index is -0.526. The van der Waals surface area contributed by atoms with Crippen LogP contribution in [0.1, 0.15) is 48.8 Å². The van der Waals surface area contributed by atoms with E-state index in [0.29, 0.717) is 18.3 Å². The van der Waals surface area contributed by atoms with E-state index in [1.165, 1.54) is 36.1 Å². The molecule has 28 heavy (non-hydrogen) atoms. The summed E-state index contributed by atoms with van der Waals surface area (Å²) in [5.74, 6) is -0.995. The SMILES string of the molecule is Cc1cc(=O)c(C(=O)NCCCN2CCCC[C@H]2C)nn1-c1ccccc1F. The minimum Gasteiger partial charge on any atom is -0.350 e. The molecule has 0 unspecified atom stereocenters. The monoisotopic (exact) mass is 386 g/mol. The molecular formula is C21H27FN4O2. The van der Waals surface area contributed by atoms with Crippen molar-refractivity contribution in [2.75, 3.05) is 19.6 Å². The van der Waals surface area contributed by atoms with Crippen molar-refractivity contribution in [3.05, 3.63) is 57.8 Å². The molecule has 1 aliphatic heterocycles. The number of hydrogen-bond acceptors (Lipinski definition) is 4. The molecule has 0 spiro atoms. The van der Waals surface area contributed by atoms with Crippen molar-refractivity contribution in [3.63, 3.8) is 0 Å². The molecule has 1 atom stereocenters. The van der Waals surface area contributed by atoms with Crippen LogP contribution in [0, 0.1) is 12.7 Å². The molecule has 1 fully saturated rings. The van der Waals surface area contributed by atoms with Crippen LogP contribution in [0.2, 0.25) is 0 Å². The predicted molar refractivity (Wildman–Crippen MR) is 106 cm³/mol. The summed E-state index contributed by atoms with van der Waals surface area (Å²) in [7, 11) is 0. The third-order valence-corrected chi connectivity index (χ3v) is 5.25. The van der Waals surface area contributed by atoms with E-state index in [1.807, 2.05) is 0 Å². The average molecular weight is 386 g/mol. The molecule has 2 heterocycles. The molecule has 0 bridgehead atoms. The summed E-state index contributed by atoms with van der Waals surface area (Å²) in [6.07, 6.45) is 4.53. The molecule has 1 aromatic heterocycles. The van der Waals surface area contributed by atoms with Gasteiger partial charge in [-0.15, -0.1) is 0 Å². The van der Waals surface area contributed by atoms with Crippen molar-refractivity contribution in [2.45, 2.75) is 45.6 Å². The quantitative estimate of drug-likeness (QED) is 0.775. The molecule has 0 aliphatic carbocycles. The maximum Gasteiger partial charge on any atom is 0.275 e. The molecule has 2 aromatic rings. The number of rotatable bonds is 6. The molecule has 3 rings (SSSR count). The lowest BCUT2D eigenvalue weighted by Gasteiger charge is -2.33. The van der Waals surface area contributed by atoms with Gasteiger partial charge in [-0.2, -0.15) is 5.10 Å². The number of amides is 1. The van der Waals surface area contributed by atoms with Crippen molar-refractivity contribution in [3.8, 4) is 5.69 Å². The lowest BCUT2D eigenvalue weighted by atomic mass is 10.0. The molecule has 0 saturated carbocycles. The number of hydrogen-bond donors (Lipinski definition) is 1. The van der Waals surface area contributed by atoms with Gasteiger partial charge in [0.1, 0.15) is 11.5 Å². The Morgan fingerprint density at radius 1 is 1.32 bits per heavy atom. The molecule has 1 N–H and O–H groups in total. The molecule has 1 aliphatic rings. The number of nitrogens with one attached hydrogen (secondary N) is 1. The highest BCUT2D eigenvalue weighted by atomic mass is 19.1. The van der Waals surface area contributed by atoms with Gasteiger partial charge in [0, 0.05) is 30.9 Å². The van der Waals surface area contributed by atoms with E-state index in [0.717, 1.165) is 19.5 Å². The van der Waals surface area contributed by atoms with Gasteiger partial charge in [0.05, 0.1) is 0 Å². The summed E-state index contributed by atoms with van der Waals surface area (Å²) in [6.45, 7) is 6.38. The lowest BCUT2D eigenvalue weighted by molar-refractivity contribution is 0.0941. The second kappa shape index (κ2) is 9.10. The topological polar surface area (TPSA) is 67.2 Å². The third-order valence-electron chi connectivity index (χ3n) is 5.25. The molecule has 1 amide bonds. The number of carbonyl (C=O) groups excluding carboxylic acids is 1. The van der Waals surface area contributed by atoms with E-state index < -0.39 is 17.2 Å². The average Bonchev–Trinajstić information content (AvgIpc) is 2.67. The van der Waals surface area contributed by atoms with Crippen molar-refractivity contribution < 1.29 is 9.18 Å². The van der Waals surface area contributed by atoms with E-state index in [9.17, 15) is 14.0 Å². The van der Waals surface area contributed by atoms with Crippen molar-refractivity contribution in [1.29, 1.82) is 0 Å². The maximum absolute atomic E-state index is 14.1. The van der Waals surface area contributed by atoms with Crippen LogP contribution < -0.4 is 10.7 Å². The number of benzene rings is 1. The van der Waals surface area contributed by atoms with E-state index >= 15 is 0 Å². The number of nitrogens with zero attached hydrogens (tertiary/aromatic N) is 3. The van der Waals surface area contributed by atoms with Gasteiger partial charge in [-0.05, 0) is 51.8 Å². The van der Waals surface area contributed by atoms with Crippen LogP contribution in [0.3, 0.4) is 0 Å². The van der Waals surface area contributed by atoms with Gasteiger partial charge in [-0.1, -0.05) is 18.6 Å². The smallest absolute Gasteiger partial charge is 0.275 e. The first-order valence-electron chi connectivity index (χ1n) is 9.85. The van der Waals surface area contributed by atoms with Crippen molar-refractivity contribution in [1.82, 2.24) is 20.0 Å². The van der Waals surface area contributed by atoms with Crippen LogP contribution in [-0.2, 0) is 0 Å². The number of likely N-dealkylation sites (tertiary alicyclic amines) is 1. The third kappa shape index (κ3) is 4.65. The van der Waals surface area contributed by atoms with Gasteiger partial charge in [0.15, 0.2) is 5.69 Å². The maximum atomic E-state index is 14.1. The standard InChI is InChI=1S/C21H27FN4O2/c1-15-8-5-6-12-25(15)13-7-11-23-21(28)20-19(27)14-16(2)26(24-20)18-10-4-3-9-17(18)22/h3-4,9-10,14-15H,5-8,11-13H2,1-2H3,(H,23,28)/t15-/m1/s1. The van der Waals surface area contributed by atoms with Crippen LogP contribution in [-0.4, -0.2) is 46.3 Å². The van der Waals surface area contributed by atoms with E-state index in [4.69, 9.17) is 0 Å². The number of carbonyl (C=O) groups is 1. The first kappa shape index (κ1) is 20.2. The summed E-state index contributed by atoms with van der Waals surface area (Å²) < 4.78 is 15.4. The summed E-state index contributed by atoms with van der Waals surface area (Å²) in [4.78, 5) is 27.1. The van der Waals surface area contributed by atoms with Crippen LogP contribution in [0.25, 0.3) is 5.69 Å². The second-order valence-electron chi connectivity index (χ2n) is 7.35. The van der Waals surface area contributed by atoms with E-state index in [2.05, 4.69) is 22.2 Å². The highest BCUT2D eigenvalue weighted by Crippen LogP contribution is 2.16. The van der Waals surface area contributed by atoms with Gasteiger partial charge in [0.25, 0.3) is 5.91 Å². The molecule has 7 heteroatoms. The second-order valence-corrected chi connectivity index (χ2v) is 7.35. The number of halogens is 1. The van der Waals surface area contributed by atoms with Crippen molar-refractivity contribution >= 4 is 5.91 Å². The van der Waals surface area contributed by atoms with Crippen LogP contribution >= 0.6 is 0 Å². The zero-order valence-corrected chi connectivity index (χ0v) is 16.4. The highest BCUT2D eigenvalue weighted by molar-refractivity contribution is 5.92. The van der Waals surface area contributed by atoms with E-state index in [1.54, 1.807) is 25.1 Å². The largest absolute Gasteiger partial charge is 0.350 e. The number of piperidine rings is 1. The van der Waals surface area contributed by atoms with Gasteiger partial charge < -0.3 is 10.2 Å². The molecule has 6 nitrogen and oxygen atoms in total. The fourth-order valence-electron chi connectivity index (χ4n) is 3.63. The Kier molecular flexibility index (Phi) is 6.57. The van der Waals surface area contributed by atoms with Gasteiger partial charge >= 0.3 is 0 Å². The van der Waals surface area contributed by atoms with Gasteiger partial charge in [-0.25, -0.2) is 9.07 Å². The minimum absolute atomic E-state index is 0.202. The summed E-state index contributed by atoms with van der Waals surface area (Å²) in [6, 6.07) is 8.02. The highest BCUT2D eigenvalue weighted by Gasteiger charge is 2.19. The lowest BCUT2D eigenvalue weighted by Crippen LogP contribution is -2.39. The molecule has 1 aromatic carbocycles. The summed E-state index contributed by atoms with van der Waals surface area (Å²) in [5, 5.41) is 6.90. The Morgan fingerprint density at radius 2 is 2.11 bits per heavy atom. The van der Waals surface area contributed by atoms with Crippen LogP contribution in [0.15, 0.2) is 35.1 Å². The van der Waals surface area contributed by atoms with Gasteiger partial charge in [0.2, 0.25) is 5.43 Å². The van der Waals surface area contributed by atoms with E-state index in [-0.39, 0.29) is 11.4 Å². The Bertz CT molecular complexity index is 896. The number of aromatic nitrogens is 2. The predicted octanol–water partition coefficient (Wildman–Crippen LogP) is 2.67. The molecule has 1 saturated heterocycles. The molecule has 150 valence electrons. The Labute approximate surface area is 164 Å². The fourth-order valence-corrected chi connectivity index (χ4v) is 3.63. The van der Waals surface area contributed by atoms with Crippen LogP contribution in [0.4, 0.5) is 4.39 Å². The first-order valence-corrected chi connectivity index (χ1v) is 9.85. The Hall–Kier alpha value is -2.54. The van der Waals surface area contributed by atoms with Crippen LogP contribution in [0.5, 0.6) is 0 Å². The normalized spacial score (nSPS) is 17.5. The van der Waals surface area contributed by atoms with Crippen molar-refractivity contribution in [2.24, 2.45) is 0 Å². The molecular weight excluding hydrogens is 359 g/mol. The zero-order chi connectivity index (χ0) is 20.1. The number of aryl methyl sites for hydroxylation is 1. The van der Waals surface area contributed by atoms with Gasteiger partial charge in [-0.3, -0.25) is 9.59 Å². The summed E-state index contributed by atoms with van der Waals surface area (Å²) >= 11 is 0.